The Morgan fingerprint density at radius 1 is 0.947 bits per heavy atom. The molecule has 3 rings (SSSR count). The fourth-order valence-corrected chi connectivity index (χ4v) is 2.11. The van der Waals surface area contributed by atoms with Crippen molar-refractivity contribution < 1.29 is 0 Å². The molecule has 4 heteroatoms. The predicted octanol–water partition coefficient (Wildman–Crippen LogP) is 2.92. The maximum absolute atomic E-state index is 5.78. The van der Waals surface area contributed by atoms with Crippen molar-refractivity contribution in [2.45, 2.75) is 0 Å². The first kappa shape index (κ1) is 11.5. The van der Waals surface area contributed by atoms with E-state index in [1.165, 1.54) is 0 Å². The van der Waals surface area contributed by atoms with Gasteiger partial charge < -0.3 is 11.1 Å². The van der Waals surface area contributed by atoms with Gasteiger partial charge >= 0.3 is 0 Å². The van der Waals surface area contributed by atoms with Gasteiger partial charge in [0.1, 0.15) is 0 Å². The number of nitrogens with two attached hydrogens (primary N) is 1. The van der Waals surface area contributed by atoms with Crippen LogP contribution in [0.1, 0.15) is 0 Å². The molecule has 0 spiro atoms. The lowest BCUT2D eigenvalue weighted by Crippen LogP contribution is -1.98. The van der Waals surface area contributed by atoms with Crippen LogP contribution in [-0.4, -0.2) is 17.0 Å². The summed E-state index contributed by atoms with van der Waals surface area (Å²) in [6.07, 6.45) is 0. The molecule has 0 saturated carbocycles. The van der Waals surface area contributed by atoms with Crippen LogP contribution in [0.2, 0.25) is 0 Å². The molecule has 0 atom stereocenters. The molecule has 3 N–H and O–H groups in total. The molecular formula is C15H14N4. The predicted molar refractivity (Wildman–Crippen MR) is 78.9 cm³/mol. The Morgan fingerprint density at radius 3 is 2.42 bits per heavy atom. The third kappa shape index (κ3) is 2.08. The number of anilines is 2. The minimum Gasteiger partial charge on any atom is -0.388 e. The average Bonchev–Trinajstić information content (AvgIpc) is 2.46. The Balaban J connectivity index is 2.22. The first-order valence-corrected chi connectivity index (χ1v) is 6.08. The highest BCUT2D eigenvalue weighted by Gasteiger charge is 2.07. The van der Waals surface area contributed by atoms with Crippen molar-refractivity contribution in [3.63, 3.8) is 0 Å². The van der Waals surface area contributed by atoms with Crippen LogP contribution in [0.15, 0.2) is 48.5 Å². The fourth-order valence-electron chi connectivity index (χ4n) is 2.11. The second kappa shape index (κ2) is 4.57. The number of hydrogen-bond acceptors (Lipinski definition) is 4. The molecular weight excluding hydrogens is 236 g/mol. The maximum atomic E-state index is 5.78. The molecule has 0 unspecified atom stereocenters. The summed E-state index contributed by atoms with van der Waals surface area (Å²) < 4.78 is 0. The lowest BCUT2D eigenvalue weighted by Gasteiger charge is -2.07. The number of fused-ring (bicyclic) bond motifs is 1. The van der Waals surface area contributed by atoms with E-state index in [-0.39, 0.29) is 0 Å². The van der Waals surface area contributed by atoms with E-state index in [9.17, 15) is 0 Å². The van der Waals surface area contributed by atoms with Gasteiger partial charge in [0.15, 0.2) is 0 Å². The second-order valence-corrected chi connectivity index (χ2v) is 4.27. The summed E-state index contributed by atoms with van der Waals surface area (Å²) in [6, 6.07) is 16.0. The third-order valence-corrected chi connectivity index (χ3v) is 3.07. The van der Waals surface area contributed by atoms with Crippen molar-refractivity contribution in [3.05, 3.63) is 48.5 Å². The van der Waals surface area contributed by atoms with E-state index in [1.54, 1.807) is 0 Å². The molecule has 0 aliphatic carbocycles. The number of nitrogens with zero attached hydrogens (tertiary/aromatic N) is 2. The Morgan fingerprint density at radius 2 is 1.68 bits per heavy atom. The Hall–Kier alpha value is -2.62. The van der Waals surface area contributed by atoms with E-state index in [0.29, 0.717) is 5.95 Å². The number of hydrogen-bond donors (Lipinski definition) is 2. The molecule has 0 amide bonds. The zero-order valence-corrected chi connectivity index (χ0v) is 10.6. The van der Waals surface area contributed by atoms with Crippen molar-refractivity contribution in [1.82, 2.24) is 9.97 Å². The number of benzene rings is 2. The van der Waals surface area contributed by atoms with Crippen LogP contribution in [0.3, 0.4) is 0 Å². The molecule has 0 fully saturated rings. The summed E-state index contributed by atoms with van der Waals surface area (Å²) >= 11 is 0. The minimum absolute atomic E-state index is 0.298. The van der Waals surface area contributed by atoms with E-state index in [1.807, 2.05) is 55.6 Å². The molecule has 0 bridgehead atoms. The Kier molecular flexibility index (Phi) is 2.76. The van der Waals surface area contributed by atoms with Gasteiger partial charge in [-0.3, -0.25) is 0 Å². The Labute approximate surface area is 111 Å². The van der Waals surface area contributed by atoms with Gasteiger partial charge in [-0.05, 0) is 18.2 Å². The third-order valence-electron chi connectivity index (χ3n) is 3.07. The van der Waals surface area contributed by atoms with Crippen LogP contribution in [0, 0.1) is 0 Å². The van der Waals surface area contributed by atoms with Crippen LogP contribution in [-0.2, 0) is 0 Å². The van der Waals surface area contributed by atoms with Gasteiger partial charge in [0, 0.05) is 23.7 Å². The zero-order valence-electron chi connectivity index (χ0n) is 10.6. The van der Waals surface area contributed by atoms with E-state index in [2.05, 4.69) is 15.3 Å². The van der Waals surface area contributed by atoms with Gasteiger partial charge in [-0.1, -0.05) is 30.3 Å². The largest absolute Gasteiger partial charge is 0.388 e. The fraction of sp³-hybridized carbons (Fsp3) is 0.0667. The van der Waals surface area contributed by atoms with E-state index in [0.717, 1.165) is 27.8 Å². The number of nitrogens with one attached hydrogen (secondary N) is 1. The summed E-state index contributed by atoms with van der Waals surface area (Å²) in [7, 11) is 1.90. The highest BCUT2D eigenvalue weighted by molar-refractivity contribution is 5.93. The highest BCUT2D eigenvalue weighted by atomic mass is 15.0. The van der Waals surface area contributed by atoms with Gasteiger partial charge in [0.2, 0.25) is 5.95 Å². The average molecular weight is 250 g/mol. The number of para-hydroxylation sites is 1. The molecule has 1 heterocycles. The highest BCUT2D eigenvalue weighted by Crippen LogP contribution is 2.27. The second-order valence-electron chi connectivity index (χ2n) is 4.27. The SMILES string of the molecule is CNc1ccc(-c2nc(N)nc3ccccc23)cc1. The molecule has 0 aliphatic rings. The summed E-state index contributed by atoms with van der Waals surface area (Å²) in [4.78, 5) is 8.62. The molecule has 0 aliphatic heterocycles. The lowest BCUT2D eigenvalue weighted by atomic mass is 10.1. The Bertz CT molecular complexity index is 720. The van der Waals surface area contributed by atoms with Gasteiger partial charge in [-0.15, -0.1) is 0 Å². The van der Waals surface area contributed by atoms with Crippen LogP contribution in [0.25, 0.3) is 22.2 Å². The monoisotopic (exact) mass is 250 g/mol. The smallest absolute Gasteiger partial charge is 0.221 e. The van der Waals surface area contributed by atoms with Crippen LogP contribution >= 0.6 is 0 Å². The van der Waals surface area contributed by atoms with Crippen molar-refractivity contribution in [3.8, 4) is 11.3 Å². The quantitative estimate of drug-likeness (QED) is 0.734. The number of nitrogen functional groups attached to an aromatic ring is 1. The van der Waals surface area contributed by atoms with Gasteiger partial charge in [-0.25, -0.2) is 9.97 Å². The number of aromatic nitrogens is 2. The molecule has 0 saturated heterocycles. The molecule has 4 nitrogen and oxygen atoms in total. The van der Waals surface area contributed by atoms with Crippen LogP contribution < -0.4 is 11.1 Å². The maximum Gasteiger partial charge on any atom is 0.221 e. The molecule has 0 radical (unpaired) electrons. The van der Waals surface area contributed by atoms with Crippen molar-refractivity contribution in [2.75, 3.05) is 18.1 Å². The zero-order chi connectivity index (χ0) is 13.2. The van der Waals surface area contributed by atoms with Gasteiger partial charge in [-0.2, -0.15) is 0 Å². The van der Waals surface area contributed by atoms with E-state index >= 15 is 0 Å². The number of rotatable bonds is 2. The van der Waals surface area contributed by atoms with Crippen LogP contribution in [0.4, 0.5) is 11.6 Å². The molecule has 3 aromatic rings. The molecule has 2 aromatic carbocycles. The van der Waals surface area contributed by atoms with E-state index in [4.69, 9.17) is 5.73 Å². The first-order chi connectivity index (χ1) is 9.28. The van der Waals surface area contributed by atoms with Gasteiger partial charge in [0.05, 0.1) is 11.2 Å². The van der Waals surface area contributed by atoms with Crippen molar-refractivity contribution in [2.24, 2.45) is 0 Å². The van der Waals surface area contributed by atoms with Crippen LogP contribution in [0.5, 0.6) is 0 Å². The molecule has 19 heavy (non-hydrogen) atoms. The standard InChI is InChI=1S/C15H14N4/c1-17-11-8-6-10(7-9-11)14-12-4-2-3-5-13(12)18-15(16)19-14/h2-9,17H,1H3,(H2,16,18,19). The molecule has 1 aromatic heterocycles. The lowest BCUT2D eigenvalue weighted by molar-refractivity contribution is 1.24. The van der Waals surface area contributed by atoms with Gasteiger partial charge in [0.25, 0.3) is 0 Å². The van der Waals surface area contributed by atoms with Crippen molar-refractivity contribution in [1.29, 1.82) is 0 Å². The molecule has 94 valence electrons. The van der Waals surface area contributed by atoms with E-state index < -0.39 is 0 Å². The summed E-state index contributed by atoms with van der Waals surface area (Å²) in [5.74, 6) is 0.298. The summed E-state index contributed by atoms with van der Waals surface area (Å²) in [5, 5.41) is 4.10. The first-order valence-electron chi connectivity index (χ1n) is 6.08. The normalized spacial score (nSPS) is 10.6. The summed E-state index contributed by atoms with van der Waals surface area (Å²) in [6.45, 7) is 0. The minimum atomic E-state index is 0.298. The topological polar surface area (TPSA) is 63.8 Å². The van der Waals surface area contributed by atoms with Crippen molar-refractivity contribution >= 4 is 22.5 Å². The summed E-state index contributed by atoms with van der Waals surface area (Å²) in [5.41, 5.74) is 9.61.